The molecule has 2 aromatic heterocycles. The number of nitrogens with two attached hydrogens (primary N) is 1. The number of thiazole rings is 1. The summed E-state index contributed by atoms with van der Waals surface area (Å²) < 4.78 is 1.10. The summed E-state index contributed by atoms with van der Waals surface area (Å²) in [6, 6.07) is 13.4. The normalized spacial score (nSPS) is 10.7. The van der Waals surface area contributed by atoms with Gasteiger partial charge in [0, 0.05) is 18.3 Å². The van der Waals surface area contributed by atoms with Gasteiger partial charge in [-0.3, -0.25) is 4.79 Å². The Morgan fingerprint density at radius 2 is 1.69 bits per heavy atom. The SMILES string of the molecule is CC(=O)Nc1ccc(Nc2ncnc(Nc3nc4ccc(C)cc4s3)c2N)cc1. The molecule has 2 heterocycles. The fourth-order valence-corrected chi connectivity index (χ4v) is 3.72. The maximum Gasteiger partial charge on any atom is 0.221 e. The Bertz CT molecular complexity index is 1190. The number of benzene rings is 2. The van der Waals surface area contributed by atoms with E-state index in [4.69, 9.17) is 5.73 Å². The van der Waals surface area contributed by atoms with Gasteiger partial charge in [-0.05, 0) is 48.9 Å². The van der Waals surface area contributed by atoms with E-state index < -0.39 is 0 Å². The van der Waals surface area contributed by atoms with Crippen LogP contribution in [0, 0.1) is 6.92 Å². The predicted molar refractivity (Wildman–Crippen MR) is 118 cm³/mol. The molecule has 5 N–H and O–H groups in total. The van der Waals surface area contributed by atoms with Gasteiger partial charge in [-0.2, -0.15) is 0 Å². The van der Waals surface area contributed by atoms with E-state index in [2.05, 4.69) is 43.9 Å². The molecule has 0 radical (unpaired) electrons. The third kappa shape index (κ3) is 4.25. The van der Waals surface area contributed by atoms with Crippen molar-refractivity contribution in [2.24, 2.45) is 0 Å². The molecule has 146 valence electrons. The number of hydrogen-bond acceptors (Lipinski definition) is 8. The van der Waals surface area contributed by atoms with Gasteiger partial charge in [0.1, 0.15) is 12.0 Å². The van der Waals surface area contributed by atoms with Gasteiger partial charge in [-0.25, -0.2) is 15.0 Å². The second-order valence-electron chi connectivity index (χ2n) is 6.48. The number of anilines is 6. The Morgan fingerprint density at radius 1 is 1.00 bits per heavy atom. The van der Waals surface area contributed by atoms with E-state index in [0.29, 0.717) is 28.1 Å². The van der Waals surface area contributed by atoms with Crippen LogP contribution in [0.5, 0.6) is 0 Å². The molecule has 0 aliphatic rings. The lowest BCUT2D eigenvalue weighted by Gasteiger charge is -2.12. The Hall–Kier alpha value is -3.72. The first-order chi connectivity index (χ1) is 14.0. The Kier molecular flexibility index (Phi) is 4.96. The molecule has 29 heavy (non-hydrogen) atoms. The first kappa shape index (κ1) is 18.6. The van der Waals surface area contributed by atoms with Crippen molar-refractivity contribution in [3.05, 3.63) is 54.4 Å². The zero-order valence-corrected chi connectivity index (χ0v) is 16.7. The summed E-state index contributed by atoms with van der Waals surface area (Å²) in [5, 5.41) is 9.78. The van der Waals surface area contributed by atoms with Crippen molar-refractivity contribution in [3.8, 4) is 0 Å². The van der Waals surface area contributed by atoms with Gasteiger partial charge in [0.2, 0.25) is 5.91 Å². The van der Waals surface area contributed by atoms with Crippen LogP contribution in [0.15, 0.2) is 48.8 Å². The molecule has 0 saturated heterocycles. The molecule has 0 aliphatic carbocycles. The monoisotopic (exact) mass is 405 g/mol. The minimum absolute atomic E-state index is 0.119. The van der Waals surface area contributed by atoms with E-state index in [1.807, 2.05) is 24.3 Å². The average molecular weight is 405 g/mol. The molecule has 0 bridgehead atoms. The van der Waals surface area contributed by atoms with E-state index >= 15 is 0 Å². The molecule has 0 saturated carbocycles. The predicted octanol–water partition coefficient (Wildman–Crippen LogP) is 4.42. The van der Waals surface area contributed by atoms with E-state index in [-0.39, 0.29) is 5.91 Å². The summed E-state index contributed by atoms with van der Waals surface area (Å²) in [5.41, 5.74) is 10.3. The molecule has 2 aromatic carbocycles. The standard InChI is InChI=1S/C20H19N7OS/c1-11-3-8-15-16(9-11)29-20(26-15)27-19-17(21)18(22-10-23-19)25-14-6-4-13(5-7-14)24-12(2)28/h3-10H,21H2,1-2H3,(H,24,28)(H2,22,23,25,26,27). The molecule has 4 aromatic rings. The van der Waals surface area contributed by atoms with Crippen LogP contribution in [0.25, 0.3) is 10.2 Å². The number of fused-ring (bicyclic) bond motifs is 1. The third-order valence-corrected chi connectivity index (χ3v) is 5.05. The highest BCUT2D eigenvalue weighted by Crippen LogP contribution is 2.32. The lowest BCUT2D eigenvalue weighted by Crippen LogP contribution is -2.06. The van der Waals surface area contributed by atoms with Crippen molar-refractivity contribution in [1.82, 2.24) is 15.0 Å². The first-order valence-electron chi connectivity index (χ1n) is 8.87. The van der Waals surface area contributed by atoms with Crippen LogP contribution >= 0.6 is 11.3 Å². The third-order valence-electron chi connectivity index (χ3n) is 4.12. The highest BCUT2D eigenvalue weighted by molar-refractivity contribution is 7.22. The van der Waals surface area contributed by atoms with Gasteiger partial charge in [0.05, 0.1) is 10.2 Å². The fraction of sp³-hybridized carbons (Fsp3) is 0.100. The maximum absolute atomic E-state index is 11.1. The zero-order chi connectivity index (χ0) is 20.4. The Morgan fingerprint density at radius 3 is 2.41 bits per heavy atom. The molecule has 9 heteroatoms. The van der Waals surface area contributed by atoms with Crippen molar-refractivity contribution >= 4 is 61.3 Å². The number of rotatable bonds is 5. The zero-order valence-electron chi connectivity index (χ0n) is 15.9. The summed E-state index contributed by atoms with van der Waals surface area (Å²) in [6.07, 6.45) is 1.43. The second kappa shape index (κ2) is 7.72. The van der Waals surface area contributed by atoms with Crippen LogP contribution in [0.3, 0.4) is 0 Å². The minimum atomic E-state index is -0.119. The van der Waals surface area contributed by atoms with Gasteiger partial charge >= 0.3 is 0 Å². The molecule has 4 rings (SSSR count). The van der Waals surface area contributed by atoms with Crippen LogP contribution in [-0.2, 0) is 4.79 Å². The van der Waals surface area contributed by atoms with Gasteiger partial charge < -0.3 is 21.7 Å². The van der Waals surface area contributed by atoms with Crippen molar-refractivity contribution < 1.29 is 4.79 Å². The van der Waals surface area contributed by atoms with E-state index in [1.165, 1.54) is 30.2 Å². The van der Waals surface area contributed by atoms with Crippen molar-refractivity contribution in [2.75, 3.05) is 21.7 Å². The summed E-state index contributed by atoms with van der Waals surface area (Å²) in [5.74, 6) is 0.839. The van der Waals surface area contributed by atoms with Crippen LogP contribution in [0.4, 0.5) is 33.8 Å². The van der Waals surface area contributed by atoms with Crippen molar-refractivity contribution in [3.63, 3.8) is 0 Å². The smallest absolute Gasteiger partial charge is 0.221 e. The quantitative estimate of drug-likeness (QED) is 0.388. The highest BCUT2D eigenvalue weighted by Gasteiger charge is 2.11. The Balaban J connectivity index is 1.54. The number of nitrogen functional groups attached to an aromatic ring is 1. The number of amides is 1. The molecular weight excluding hydrogens is 386 g/mol. The van der Waals surface area contributed by atoms with Crippen molar-refractivity contribution in [1.29, 1.82) is 0 Å². The van der Waals surface area contributed by atoms with Crippen LogP contribution in [-0.4, -0.2) is 20.9 Å². The number of carbonyl (C=O) groups is 1. The summed E-state index contributed by atoms with van der Waals surface area (Å²) >= 11 is 1.54. The molecule has 1 amide bonds. The number of nitrogens with zero attached hydrogens (tertiary/aromatic N) is 3. The molecule has 0 unspecified atom stereocenters. The lowest BCUT2D eigenvalue weighted by molar-refractivity contribution is -0.114. The molecule has 0 atom stereocenters. The minimum Gasteiger partial charge on any atom is -0.393 e. The molecule has 0 aliphatic heterocycles. The van der Waals surface area contributed by atoms with E-state index in [1.54, 1.807) is 12.1 Å². The van der Waals surface area contributed by atoms with Gasteiger partial charge in [0.15, 0.2) is 16.8 Å². The fourth-order valence-electron chi connectivity index (χ4n) is 2.76. The maximum atomic E-state index is 11.1. The number of aryl methyl sites for hydroxylation is 1. The molecular formula is C20H19N7OS. The lowest BCUT2D eigenvalue weighted by atomic mass is 10.2. The molecule has 8 nitrogen and oxygen atoms in total. The number of aromatic nitrogens is 3. The first-order valence-corrected chi connectivity index (χ1v) is 9.69. The van der Waals surface area contributed by atoms with E-state index in [9.17, 15) is 4.79 Å². The summed E-state index contributed by atoms with van der Waals surface area (Å²) in [6.45, 7) is 3.52. The number of carbonyl (C=O) groups excluding carboxylic acids is 1. The van der Waals surface area contributed by atoms with Crippen molar-refractivity contribution in [2.45, 2.75) is 13.8 Å². The van der Waals surface area contributed by atoms with Crippen LogP contribution < -0.4 is 21.7 Å². The Labute approximate surface area is 171 Å². The molecule has 0 fully saturated rings. The van der Waals surface area contributed by atoms with Gasteiger partial charge in [-0.1, -0.05) is 17.4 Å². The number of hydrogen-bond donors (Lipinski definition) is 4. The van der Waals surface area contributed by atoms with Gasteiger partial charge in [0.25, 0.3) is 0 Å². The van der Waals surface area contributed by atoms with Crippen LogP contribution in [0.1, 0.15) is 12.5 Å². The summed E-state index contributed by atoms with van der Waals surface area (Å²) in [7, 11) is 0. The van der Waals surface area contributed by atoms with Gasteiger partial charge in [-0.15, -0.1) is 0 Å². The number of nitrogens with one attached hydrogen (secondary N) is 3. The molecule has 0 spiro atoms. The largest absolute Gasteiger partial charge is 0.393 e. The highest BCUT2D eigenvalue weighted by atomic mass is 32.1. The van der Waals surface area contributed by atoms with E-state index in [0.717, 1.165) is 15.9 Å². The topological polar surface area (TPSA) is 118 Å². The van der Waals surface area contributed by atoms with Crippen LogP contribution in [0.2, 0.25) is 0 Å². The summed E-state index contributed by atoms with van der Waals surface area (Å²) in [4.78, 5) is 24.2. The average Bonchev–Trinajstić information content (AvgIpc) is 3.07. The second-order valence-corrected chi connectivity index (χ2v) is 7.51.